The van der Waals surface area contributed by atoms with Gasteiger partial charge in [-0.05, 0) is 38.8 Å². The van der Waals surface area contributed by atoms with Crippen molar-refractivity contribution < 1.29 is 9.53 Å². The van der Waals surface area contributed by atoms with Gasteiger partial charge in [-0.25, -0.2) is 0 Å². The Morgan fingerprint density at radius 3 is 2.89 bits per heavy atom. The highest BCUT2D eigenvalue weighted by Gasteiger charge is 2.13. The molecule has 4 heteroatoms. The van der Waals surface area contributed by atoms with Crippen LogP contribution in [-0.4, -0.2) is 38.3 Å². The Morgan fingerprint density at radius 1 is 1.39 bits per heavy atom. The number of unbranched alkanes of at least 4 members (excludes halogenated alkanes) is 2. The van der Waals surface area contributed by atoms with E-state index < -0.39 is 0 Å². The first-order valence-electron chi connectivity index (χ1n) is 6.85. The lowest BCUT2D eigenvalue weighted by Gasteiger charge is -2.22. The van der Waals surface area contributed by atoms with Crippen LogP contribution in [-0.2, 0) is 9.53 Å². The fourth-order valence-corrected chi connectivity index (χ4v) is 1.95. The van der Waals surface area contributed by atoms with E-state index in [4.69, 9.17) is 11.2 Å². The fourth-order valence-electron chi connectivity index (χ4n) is 1.95. The van der Waals surface area contributed by atoms with Crippen molar-refractivity contribution in [3.8, 4) is 12.3 Å². The number of ether oxygens (including phenoxy) is 1. The van der Waals surface area contributed by atoms with Gasteiger partial charge >= 0.3 is 0 Å². The van der Waals surface area contributed by atoms with Crippen LogP contribution in [0.3, 0.4) is 0 Å². The molecule has 0 saturated carbocycles. The third-order valence-electron chi connectivity index (χ3n) is 3.04. The smallest absolute Gasteiger partial charge is 0.222 e. The average molecular weight is 252 g/mol. The molecule has 0 atom stereocenters. The maximum absolute atomic E-state index is 11.5. The molecule has 1 rings (SSSR count). The van der Waals surface area contributed by atoms with E-state index >= 15 is 0 Å². The maximum Gasteiger partial charge on any atom is 0.222 e. The number of hydrogen-bond acceptors (Lipinski definition) is 3. The molecule has 1 aliphatic heterocycles. The Kier molecular flexibility index (Phi) is 8.28. The van der Waals surface area contributed by atoms with Crippen LogP contribution in [0, 0.1) is 12.3 Å². The van der Waals surface area contributed by atoms with Crippen molar-refractivity contribution in [2.45, 2.75) is 44.6 Å². The molecule has 0 unspecified atom stereocenters. The molecule has 1 amide bonds. The van der Waals surface area contributed by atoms with Gasteiger partial charge in [-0.2, -0.15) is 0 Å². The molecule has 102 valence electrons. The van der Waals surface area contributed by atoms with E-state index in [2.05, 4.69) is 16.6 Å². The van der Waals surface area contributed by atoms with E-state index in [0.29, 0.717) is 25.7 Å². The van der Waals surface area contributed by atoms with Crippen molar-refractivity contribution in [1.82, 2.24) is 10.6 Å². The van der Waals surface area contributed by atoms with Crippen molar-refractivity contribution in [3.63, 3.8) is 0 Å². The molecule has 1 heterocycles. The Balaban J connectivity index is 1.91. The Labute approximate surface area is 110 Å². The van der Waals surface area contributed by atoms with Crippen LogP contribution in [0.5, 0.6) is 0 Å². The second-order valence-electron chi connectivity index (χ2n) is 4.58. The zero-order valence-corrected chi connectivity index (χ0v) is 11.0. The summed E-state index contributed by atoms with van der Waals surface area (Å²) in [6, 6.07) is 0. The van der Waals surface area contributed by atoms with Crippen molar-refractivity contribution in [1.29, 1.82) is 0 Å². The lowest BCUT2D eigenvalue weighted by molar-refractivity contribution is -0.122. The Morgan fingerprint density at radius 2 is 2.17 bits per heavy atom. The van der Waals surface area contributed by atoms with Gasteiger partial charge in [-0.15, -0.1) is 12.3 Å². The number of terminal acetylenes is 1. The van der Waals surface area contributed by atoms with E-state index in [9.17, 15) is 4.79 Å². The van der Waals surface area contributed by atoms with Crippen molar-refractivity contribution in [3.05, 3.63) is 0 Å². The molecule has 0 aromatic heterocycles. The average Bonchev–Trinajstić information content (AvgIpc) is 2.40. The molecule has 0 aliphatic carbocycles. The number of hydrogen-bond donors (Lipinski definition) is 2. The van der Waals surface area contributed by atoms with Crippen molar-refractivity contribution in [2.24, 2.45) is 0 Å². The number of carbonyl (C=O) groups excluding carboxylic acids is 1. The van der Waals surface area contributed by atoms with Gasteiger partial charge in [0.25, 0.3) is 0 Å². The number of nitrogens with one attached hydrogen (secondary N) is 2. The fraction of sp³-hybridized carbons (Fsp3) is 0.786. The maximum atomic E-state index is 11.5. The molecule has 2 N–H and O–H groups in total. The summed E-state index contributed by atoms with van der Waals surface area (Å²) in [6.45, 7) is 3.28. The second-order valence-corrected chi connectivity index (χ2v) is 4.58. The van der Waals surface area contributed by atoms with Gasteiger partial charge in [0, 0.05) is 19.4 Å². The van der Waals surface area contributed by atoms with Gasteiger partial charge in [0.2, 0.25) is 5.91 Å². The van der Waals surface area contributed by atoms with E-state index in [1.165, 1.54) is 0 Å². The molecule has 18 heavy (non-hydrogen) atoms. The van der Waals surface area contributed by atoms with Gasteiger partial charge in [0.1, 0.15) is 0 Å². The van der Waals surface area contributed by atoms with Crippen molar-refractivity contribution >= 4 is 5.91 Å². The van der Waals surface area contributed by atoms with Gasteiger partial charge in [-0.1, -0.05) is 0 Å². The summed E-state index contributed by atoms with van der Waals surface area (Å²) in [5, 5.41) is 6.16. The minimum atomic E-state index is 0.0737. The van der Waals surface area contributed by atoms with Crippen LogP contribution < -0.4 is 10.6 Å². The van der Waals surface area contributed by atoms with Gasteiger partial charge in [0.05, 0.1) is 12.7 Å². The molecule has 0 radical (unpaired) electrons. The van der Waals surface area contributed by atoms with E-state index in [-0.39, 0.29) is 5.91 Å². The van der Waals surface area contributed by atoms with Gasteiger partial charge in [0.15, 0.2) is 0 Å². The lowest BCUT2D eigenvalue weighted by atomic mass is 10.1. The molecule has 0 aromatic carbocycles. The summed E-state index contributed by atoms with van der Waals surface area (Å²) in [4.78, 5) is 11.5. The SMILES string of the molecule is C#CCCCCNC(=O)CCOC1CCNCC1. The molecular formula is C14H24N2O2. The summed E-state index contributed by atoms with van der Waals surface area (Å²) in [5.74, 6) is 2.66. The highest BCUT2D eigenvalue weighted by atomic mass is 16.5. The monoisotopic (exact) mass is 252 g/mol. The van der Waals surface area contributed by atoms with Crippen LogP contribution in [0.25, 0.3) is 0 Å². The molecule has 0 aromatic rings. The molecule has 4 nitrogen and oxygen atoms in total. The number of amides is 1. The van der Waals surface area contributed by atoms with E-state index in [0.717, 1.165) is 45.2 Å². The first kappa shape index (κ1) is 15.0. The summed E-state index contributed by atoms with van der Waals surface area (Å²) >= 11 is 0. The van der Waals surface area contributed by atoms with Crippen molar-refractivity contribution in [2.75, 3.05) is 26.2 Å². The minimum absolute atomic E-state index is 0.0737. The van der Waals surface area contributed by atoms with Crippen LogP contribution in [0.2, 0.25) is 0 Å². The molecule has 1 aliphatic rings. The first-order chi connectivity index (χ1) is 8.83. The molecule has 1 fully saturated rings. The van der Waals surface area contributed by atoms with Crippen LogP contribution >= 0.6 is 0 Å². The summed E-state index contributed by atoms with van der Waals surface area (Å²) in [7, 11) is 0. The highest BCUT2D eigenvalue weighted by molar-refractivity contribution is 5.75. The first-order valence-corrected chi connectivity index (χ1v) is 6.85. The quantitative estimate of drug-likeness (QED) is 0.502. The Hall–Kier alpha value is -1.05. The predicted octanol–water partition coefficient (Wildman–Crippen LogP) is 1.06. The normalized spacial score (nSPS) is 16.2. The number of carbonyl (C=O) groups is 1. The minimum Gasteiger partial charge on any atom is -0.378 e. The molecule has 1 saturated heterocycles. The van der Waals surface area contributed by atoms with Crippen LogP contribution in [0.1, 0.15) is 38.5 Å². The standard InChI is InChI=1S/C14H24N2O2/c1-2-3-4-5-9-16-14(17)8-12-18-13-6-10-15-11-7-13/h1,13,15H,3-12H2,(H,16,17). The number of piperidine rings is 1. The third kappa shape index (κ3) is 7.31. The molecule has 0 bridgehead atoms. The van der Waals surface area contributed by atoms with Crippen LogP contribution in [0.15, 0.2) is 0 Å². The number of rotatable bonds is 8. The van der Waals surface area contributed by atoms with Crippen LogP contribution in [0.4, 0.5) is 0 Å². The third-order valence-corrected chi connectivity index (χ3v) is 3.04. The predicted molar refractivity (Wildman–Crippen MR) is 72.2 cm³/mol. The van der Waals surface area contributed by atoms with Gasteiger partial charge in [-0.3, -0.25) is 4.79 Å². The summed E-state index contributed by atoms with van der Waals surface area (Å²) in [5.41, 5.74) is 0. The summed E-state index contributed by atoms with van der Waals surface area (Å²) in [6.07, 6.45) is 10.7. The van der Waals surface area contributed by atoms with E-state index in [1.807, 2.05) is 0 Å². The lowest BCUT2D eigenvalue weighted by Crippen LogP contribution is -2.33. The zero-order chi connectivity index (χ0) is 13.1. The highest BCUT2D eigenvalue weighted by Crippen LogP contribution is 2.07. The Bertz CT molecular complexity index is 267. The molecular weight excluding hydrogens is 228 g/mol. The molecule has 0 spiro atoms. The second kappa shape index (κ2) is 9.93. The van der Waals surface area contributed by atoms with Gasteiger partial charge < -0.3 is 15.4 Å². The topological polar surface area (TPSA) is 50.4 Å². The van der Waals surface area contributed by atoms with E-state index in [1.54, 1.807) is 0 Å². The zero-order valence-electron chi connectivity index (χ0n) is 11.0. The largest absolute Gasteiger partial charge is 0.378 e. The summed E-state index contributed by atoms with van der Waals surface area (Å²) < 4.78 is 5.67.